The van der Waals surface area contributed by atoms with E-state index in [2.05, 4.69) is 21.6 Å². The predicted molar refractivity (Wildman–Crippen MR) is 109 cm³/mol. The van der Waals surface area contributed by atoms with Gasteiger partial charge < -0.3 is 33.5 Å². The summed E-state index contributed by atoms with van der Waals surface area (Å²) in [7, 11) is 2.85. The zero-order chi connectivity index (χ0) is 20.3. The summed E-state index contributed by atoms with van der Waals surface area (Å²) in [6.45, 7) is 14.5. The summed E-state index contributed by atoms with van der Waals surface area (Å²) in [5, 5.41) is 0.480. The molecule has 0 amide bonds. The molecule has 1 aromatic carbocycles. The number of aryl methyl sites for hydroxylation is 1. The normalized spacial score (nSPS) is 9.29. The van der Waals surface area contributed by atoms with Crippen LogP contribution in [0.1, 0.15) is 33.5 Å². The third-order valence-corrected chi connectivity index (χ3v) is 2.82. The second kappa shape index (κ2) is 15.1. The Morgan fingerprint density at radius 2 is 1.75 bits per heavy atom. The Morgan fingerprint density at radius 1 is 1.21 bits per heavy atom. The minimum Gasteiger partial charge on any atom is -0.493 e. The maximum absolute atomic E-state index is 11.9. The van der Waals surface area contributed by atoms with Crippen molar-refractivity contribution in [2.75, 3.05) is 20.8 Å². The summed E-state index contributed by atoms with van der Waals surface area (Å²) < 4.78 is 14.9. The molecular formula is C20H32N2O5W. The molecule has 0 atom stereocenters. The summed E-state index contributed by atoms with van der Waals surface area (Å²) in [6.07, 6.45) is 0. The van der Waals surface area contributed by atoms with Gasteiger partial charge in [-0.15, -0.1) is 5.41 Å². The van der Waals surface area contributed by atoms with Crippen molar-refractivity contribution in [3.8, 4) is 11.5 Å². The first-order valence-electron chi connectivity index (χ1n) is 8.25. The Bertz CT molecular complexity index is 755. The standard InChI is InChI=1S/C15H19N2O3.C2H4O2.C2H6.CH3.W/c1-9-16-11-7-13(20-8-15(2,3)4)12(19-5)6-10(11)14(18)17-9;1-4-2-3;1-2;;/h6-7H,2,8H2,1,3-5H3,(H,16,17,18);2H,1H3;1-2H3;1H3;/q-1;;;-1;+2. The van der Waals surface area contributed by atoms with Gasteiger partial charge >= 0.3 is 21.1 Å². The van der Waals surface area contributed by atoms with Gasteiger partial charge in [0.1, 0.15) is 5.82 Å². The first-order valence-corrected chi connectivity index (χ1v) is 8.25. The minimum atomic E-state index is -0.211. The average molecular weight is 564 g/mol. The average Bonchev–Trinajstić information content (AvgIpc) is 2.60. The van der Waals surface area contributed by atoms with Crippen LogP contribution in [0.15, 0.2) is 16.9 Å². The van der Waals surface area contributed by atoms with E-state index in [0.29, 0.717) is 41.3 Å². The number of nitrogens with one attached hydrogen (secondary N) is 1. The molecule has 8 heteroatoms. The third kappa shape index (κ3) is 10.5. The Hall–Kier alpha value is -1.88. The van der Waals surface area contributed by atoms with Crippen molar-refractivity contribution in [2.45, 2.75) is 34.6 Å². The number of rotatable bonds is 5. The first-order chi connectivity index (χ1) is 12.2. The van der Waals surface area contributed by atoms with E-state index in [4.69, 9.17) is 14.3 Å². The number of carbonyl (C=O) groups is 1. The minimum absolute atomic E-state index is 0. The molecule has 0 bridgehead atoms. The molecule has 0 saturated heterocycles. The van der Waals surface area contributed by atoms with E-state index < -0.39 is 0 Å². The largest absolute Gasteiger partial charge is 2.00 e. The smallest absolute Gasteiger partial charge is 0.493 e. The molecule has 0 aliphatic carbocycles. The van der Waals surface area contributed by atoms with Crippen LogP contribution in [0, 0.1) is 26.7 Å². The third-order valence-electron chi connectivity index (χ3n) is 2.82. The van der Waals surface area contributed by atoms with E-state index in [0.717, 1.165) is 0 Å². The summed E-state index contributed by atoms with van der Waals surface area (Å²) in [4.78, 5) is 27.8. The molecule has 0 aliphatic rings. The fraction of sp³-hybridized carbons (Fsp3) is 0.450. The molecule has 0 saturated carbocycles. The van der Waals surface area contributed by atoms with Crippen molar-refractivity contribution in [3.05, 3.63) is 42.7 Å². The van der Waals surface area contributed by atoms with E-state index in [-0.39, 0.29) is 39.5 Å². The molecular weight excluding hydrogens is 532 g/mol. The number of carbonyl (C=O) groups excluding carboxylic acids is 1. The van der Waals surface area contributed by atoms with Gasteiger partial charge in [0.2, 0.25) is 0 Å². The summed E-state index contributed by atoms with van der Waals surface area (Å²) in [5.41, 5.74) is 0.191. The zero-order valence-electron chi connectivity index (χ0n) is 18.0. The molecule has 1 N–H and O–H groups in total. The molecule has 0 aliphatic heterocycles. The molecule has 0 fully saturated rings. The van der Waals surface area contributed by atoms with Gasteiger partial charge in [-0.1, -0.05) is 27.7 Å². The molecule has 2 aromatic rings. The summed E-state index contributed by atoms with van der Waals surface area (Å²) in [5.74, 6) is 1.64. The van der Waals surface area contributed by atoms with Crippen molar-refractivity contribution in [3.63, 3.8) is 0 Å². The molecule has 158 valence electrons. The molecule has 0 radical (unpaired) electrons. The molecule has 0 spiro atoms. The molecule has 1 heterocycles. The summed E-state index contributed by atoms with van der Waals surface area (Å²) in [6, 6.07) is 3.37. The zero-order valence-corrected chi connectivity index (χ0v) is 21.0. The van der Waals surface area contributed by atoms with Gasteiger partial charge in [0, 0.05) is 6.07 Å². The number of ether oxygens (including phenoxy) is 3. The van der Waals surface area contributed by atoms with Crippen LogP contribution in [-0.2, 0) is 30.6 Å². The number of aromatic nitrogens is 2. The van der Waals surface area contributed by atoms with Crippen LogP contribution in [0.4, 0.5) is 0 Å². The molecule has 7 nitrogen and oxygen atoms in total. The van der Waals surface area contributed by atoms with Crippen molar-refractivity contribution in [2.24, 2.45) is 5.41 Å². The Kier molecular flexibility index (Phi) is 16.6. The van der Waals surface area contributed by atoms with Crippen molar-refractivity contribution >= 4 is 17.4 Å². The van der Waals surface area contributed by atoms with Gasteiger partial charge in [-0.3, -0.25) is 9.59 Å². The summed E-state index contributed by atoms with van der Waals surface area (Å²) >= 11 is 0. The monoisotopic (exact) mass is 564 g/mol. The van der Waals surface area contributed by atoms with Gasteiger partial charge in [-0.25, -0.2) is 4.98 Å². The van der Waals surface area contributed by atoms with E-state index >= 15 is 0 Å². The topological polar surface area (TPSA) is 90.5 Å². The SMILES string of the molecule is CC.COC=O.[CH2-]C(C)(C)COc1cc2nc(C)[nH]c(=O)c2cc1OC.[CH3-].[W+2]. The Morgan fingerprint density at radius 3 is 2.18 bits per heavy atom. The van der Waals surface area contributed by atoms with Crippen molar-refractivity contribution in [1.82, 2.24) is 9.97 Å². The first kappa shape index (κ1) is 30.8. The molecule has 28 heavy (non-hydrogen) atoms. The number of fused-ring (bicyclic) bond motifs is 1. The van der Waals surface area contributed by atoms with Crippen LogP contribution in [0.2, 0.25) is 0 Å². The number of benzene rings is 1. The van der Waals surface area contributed by atoms with E-state index in [1.165, 1.54) is 7.11 Å². The quantitative estimate of drug-likeness (QED) is 0.440. The van der Waals surface area contributed by atoms with E-state index in [1.807, 2.05) is 27.7 Å². The maximum Gasteiger partial charge on any atom is 2.00 e. The van der Waals surface area contributed by atoms with Gasteiger partial charge in [-0.05, 0) is 13.0 Å². The Labute approximate surface area is 182 Å². The molecule has 1 aromatic heterocycles. The number of aromatic amines is 1. The van der Waals surface area contributed by atoms with E-state index in [1.54, 1.807) is 26.2 Å². The fourth-order valence-corrected chi connectivity index (χ4v) is 1.81. The predicted octanol–water partition coefficient (Wildman–Crippen LogP) is 3.74. The number of hydrogen-bond donors (Lipinski definition) is 1. The molecule has 2 rings (SSSR count). The fourth-order valence-electron chi connectivity index (χ4n) is 1.81. The van der Waals surface area contributed by atoms with Crippen molar-refractivity contribution in [1.29, 1.82) is 0 Å². The number of H-pyrrole nitrogens is 1. The van der Waals surface area contributed by atoms with E-state index in [9.17, 15) is 4.79 Å². The van der Waals surface area contributed by atoms with Crippen LogP contribution in [0.3, 0.4) is 0 Å². The second-order valence-electron chi connectivity index (χ2n) is 5.96. The van der Waals surface area contributed by atoms with Crippen LogP contribution in [0.5, 0.6) is 11.5 Å². The second-order valence-corrected chi connectivity index (χ2v) is 5.96. The van der Waals surface area contributed by atoms with Crippen LogP contribution in [-0.4, -0.2) is 37.3 Å². The Balaban J connectivity index is -0.000000697. The number of methoxy groups -OCH3 is 2. The number of hydrogen-bond acceptors (Lipinski definition) is 6. The maximum atomic E-state index is 11.9. The van der Waals surface area contributed by atoms with Crippen LogP contribution >= 0.6 is 0 Å². The van der Waals surface area contributed by atoms with Gasteiger partial charge in [-0.2, -0.15) is 0 Å². The van der Waals surface area contributed by atoms with Gasteiger partial charge in [0.15, 0.2) is 11.5 Å². The molecule has 0 unspecified atom stereocenters. The van der Waals surface area contributed by atoms with Crippen LogP contribution in [0.25, 0.3) is 10.9 Å². The van der Waals surface area contributed by atoms with Crippen molar-refractivity contribution < 1.29 is 40.1 Å². The van der Waals surface area contributed by atoms with Crippen LogP contribution < -0.4 is 15.0 Å². The van der Waals surface area contributed by atoms with Gasteiger partial charge in [0.05, 0.1) is 31.7 Å². The van der Waals surface area contributed by atoms with Gasteiger partial charge in [0.25, 0.3) is 12.0 Å². The number of nitrogens with zero attached hydrogens (tertiary/aromatic N) is 1.